The first kappa shape index (κ1) is 13.7. The van der Waals surface area contributed by atoms with Crippen LogP contribution in [-0.4, -0.2) is 9.13 Å². The van der Waals surface area contributed by atoms with Crippen molar-refractivity contribution in [2.45, 2.75) is 25.8 Å². The smallest absolute Gasteiger partial charge is 0.330 e. The summed E-state index contributed by atoms with van der Waals surface area (Å²) >= 11 is 0. The molecular formula is C16H19N3O2. The van der Waals surface area contributed by atoms with Crippen LogP contribution in [-0.2, 0) is 33.5 Å². The van der Waals surface area contributed by atoms with E-state index in [0.29, 0.717) is 12.2 Å². The highest BCUT2D eigenvalue weighted by Crippen LogP contribution is 2.24. The van der Waals surface area contributed by atoms with Crippen LogP contribution in [0.2, 0.25) is 0 Å². The summed E-state index contributed by atoms with van der Waals surface area (Å²) in [6.45, 7) is 0.459. The number of hydrogen-bond acceptors (Lipinski definition) is 3. The average molecular weight is 285 g/mol. The summed E-state index contributed by atoms with van der Waals surface area (Å²) in [5, 5.41) is 3.30. The van der Waals surface area contributed by atoms with Crippen molar-refractivity contribution in [3.8, 4) is 0 Å². The zero-order valence-electron chi connectivity index (χ0n) is 12.3. The van der Waals surface area contributed by atoms with Crippen molar-refractivity contribution in [3.05, 3.63) is 61.9 Å². The van der Waals surface area contributed by atoms with Crippen LogP contribution in [0, 0.1) is 0 Å². The van der Waals surface area contributed by atoms with E-state index in [2.05, 4.69) is 23.5 Å². The van der Waals surface area contributed by atoms with Crippen LogP contribution >= 0.6 is 0 Å². The number of nitrogens with one attached hydrogen (secondary N) is 1. The van der Waals surface area contributed by atoms with Crippen LogP contribution in [0.1, 0.15) is 23.2 Å². The number of nitrogens with zero attached hydrogens (tertiary/aromatic N) is 2. The molecule has 1 N–H and O–H groups in total. The third kappa shape index (κ3) is 2.51. The summed E-state index contributed by atoms with van der Waals surface area (Å²) in [5.41, 5.74) is 3.98. The Labute approximate surface area is 122 Å². The van der Waals surface area contributed by atoms with Crippen molar-refractivity contribution in [3.63, 3.8) is 0 Å². The molecular weight excluding hydrogens is 266 g/mol. The summed E-state index contributed by atoms with van der Waals surface area (Å²) in [6, 6.07) is 7.89. The van der Waals surface area contributed by atoms with Crippen molar-refractivity contribution >= 4 is 5.69 Å². The molecule has 0 amide bonds. The lowest BCUT2D eigenvalue weighted by Crippen LogP contribution is -2.38. The molecule has 1 aromatic heterocycles. The number of aromatic nitrogens is 2. The van der Waals surface area contributed by atoms with Crippen LogP contribution < -0.4 is 16.6 Å². The topological polar surface area (TPSA) is 56.0 Å². The van der Waals surface area contributed by atoms with Crippen LogP contribution in [0.15, 0.2) is 33.9 Å². The fourth-order valence-corrected chi connectivity index (χ4v) is 2.82. The minimum absolute atomic E-state index is 0.274. The quantitative estimate of drug-likeness (QED) is 0.921. The molecule has 1 aromatic carbocycles. The van der Waals surface area contributed by atoms with Crippen LogP contribution in [0.4, 0.5) is 5.69 Å². The van der Waals surface area contributed by atoms with Gasteiger partial charge in [0.1, 0.15) is 0 Å². The van der Waals surface area contributed by atoms with Gasteiger partial charge in [0.25, 0.3) is 5.56 Å². The van der Waals surface area contributed by atoms with Crippen LogP contribution in [0.3, 0.4) is 0 Å². The van der Waals surface area contributed by atoms with E-state index in [0.717, 1.165) is 16.7 Å². The monoisotopic (exact) mass is 285 g/mol. The Morgan fingerprint density at radius 2 is 1.81 bits per heavy atom. The van der Waals surface area contributed by atoms with Gasteiger partial charge in [-0.1, -0.05) is 6.07 Å². The van der Waals surface area contributed by atoms with Gasteiger partial charge in [-0.05, 0) is 42.5 Å². The Kier molecular flexibility index (Phi) is 3.41. The molecule has 2 aromatic rings. The van der Waals surface area contributed by atoms with E-state index in [-0.39, 0.29) is 11.2 Å². The fourth-order valence-electron chi connectivity index (χ4n) is 2.82. The van der Waals surface area contributed by atoms with Gasteiger partial charge < -0.3 is 5.32 Å². The first-order valence-electron chi connectivity index (χ1n) is 7.18. The Morgan fingerprint density at radius 1 is 1.05 bits per heavy atom. The standard InChI is InChI=1S/C16H19N3O2/c1-18-14(9-15(20)19(2)16(18)21)10-17-13-7-6-11-4-3-5-12(11)8-13/h6-9,17H,3-5,10H2,1-2H3. The van der Waals surface area contributed by atoms with Gasteiger partial charge in [0.15, 0.2) is 0 Å². The molecule has 110 valence electrons. The Bertz CT molecular complexity index is 802. The molecule has 1 heterocycles. The maximum absolute atomic E-state index is 11.9. The second kappa shape index (κ2) is 5.24. The van der Waals surface area contributed by atoms with Gasteiger partial charge >= 0.3 is 5.69 Å². The molecule has 0 bridgehead atoms. The average Bonchev–Trinajstić information content (AvgIpc) is 2.95. The lowest BCUT2D eigenvalue weighted by atomic mass is 10.1. The normalized spacial score (nSPS) is 13.2. The van der Waals surface area contributed by atoms with E-state index < -0.39 is 0 Å². The summed E-state index contributed by atoms with van der Waals surface area (Å²) < 4.78 is 2.61. The molecule has 0 saturated carbocycles. The van der Waals surface area contributed by atoms with E-state index in [1.54, 1.807) is 7.05 Å². The number of aryl methyl sites for hydroxylation is 2. The Balaban J connectivity index is 1.82. The lowest BCUT2D eigenvalue weighted by Gasteiger charge is -2.12. The molecule has 0 unspecified atom stereocenters. The van der Waals surface area contributed by atoms with Gasteiger partial charge in [-0.25, -0.2) is 4.79 Å². The van der Waals surface area contributed by atoms with Crippen molar-refractivity contribution in [2.75, 3.05) is 5.32 Å². The summed E-state index contributed by atoms with van der Waals surface area (Å²) in [4.78, 5) is 23.6. The molecule has 0 radical (unpaired) electrons. The van der Waals surface area contributed by atoms with Crippen molar-refractivity contribution in [1.82, 2.24) is 9.13 Å². The first-order valence-corrected chi connectivity index (χ1v) is 7.18. The Hall–Kier alpha value is -2.30. The van der Waals surface area contributed by atoms with Gasteiger partial charge in [0, 0.05) is 31.5 Å². The minimum Gasteiger partial charge on any atom is -0.379 e. The molecule has 0 aliphatic heterocycles. The predicted octanol–water partition coefficient (Wildman–Crippen LogP) is 1.18. The lowest BCUT2D eigenvalue weighted by molar-refractivity contribution is 0.655. The van der Waals surface area contributed by atoms with Gasteiger partial charge in [-0.3, -0.25) is 13.9 Å². The maximum atomic E-state index is 11.9. The third-order valence-electron chi connectivity index (χ3n) is 4.20. The highest BCUT2D eigenvalue weighted by Gasteiger charge is 2.11. The number of fused-ring (bicyclic) bond motifs is 1. The number of anilines is 1. The van der Waals surface area contributed by atoms with Crippen molar-refractivity contribution in [1.29, 1.82) is 0 Å². The van der Waals surface area contributed by atoms with Gasteiger partial charge in [-0.15, -0.1) is 0 Å². The van der Waals surface area contributed by atoms with E-state index in [4.69, 9.17) is 0 Å². The fraction of sp³-hybridized carbons (Fsp3) is 0.375. The molecule has 0 atom stereocenters. The number of rotatable bonds is 3. The van der Waals surface area contributed by atoms with E-state index >= 15 is 0 Å². The second-order valence-corrected chi connectivity index (χ2v) is 5.57. The minimum atomic E-state index is -0.298. The molecule has 1 aliphatic rings. The summed E-state index contributed by atoms with van der Waals surface area (Å²) in [6.07, 6.45) is 3.52. The number of benzene rings is 1. The van der Waals surface area contributed by atoms with E-state index in [1.807, 2.05) is 0 Å². The van der Waals surface area contributed by atoms with Crippen molar-refractivity contribution in [2.24, 2.45) is 14.1 Å². The van der Waals surface area contributed by atoms with Crippen molar-refractivity contribution < 1.29 is 0 Å². The highest BCUT2D eigenvalue weighted by molar-refractivity contribution is 5.50. The first-order chi connectivity index (χ1) is 10.1. The molecule has 21 heavy (non-hydrogen) atoms. The van der Waals surface area contributed by atoms with E-state index in [9.17, 15) is 9.59 Å². The SMILES string of the molecule is Cn1c(CNc2ccc3c(c2)CCC3)cc(=O)n(C)c1=O. The van der Waals surface area contributed by atoms with Gasteiger partial charge in [0.2, 0.25) is 0 Å². The zero-order chi connectivity index (χ0) is 15.0. The molecule has 3 rings (SSSR count). The van der Waals surface area contributed by atoms with Gasteiger partial charge in [-0.2, -0.15) is 0 Å². The predicted molar refractivity (Wildman–Crippen MR) is 82.7 cm³/mol. The summed E-state index contributed by atoms with van der Waals surface area (Å²) in [7, 11) is 3.17. The zero-order valence-corrected chi connectivity index (χ0v) is 12.3. The Morgan fingerprint density at radius 3 is 2.62 bits per heavy atom. The largest absolute Gasteiger partial charge is 0.379 e. The van der Waals surface area contributed by atoms with E-state index in [1.165, 1.54) is 41.6 Å². The highest BCUT2D eigenvalue weighted by atomic mass is 16.2. The molecule has 0 saturated heterocycles. The second-order valence-electron chi connectivity index (χ2n) is 5.57. The number of hydrogen-bond donors (Lipinski definition) is 1. The van der Waals surface area contributed by atoms with Gasteiger partial charge in [0.05, 0.1) is 6.54 Å². The summed E-state index contributed by atoms with van der Waals surface area (Å²) in [5.74, 6) is 0. The molecule has 5 heteroatoms. The van der Waals surface area contributed by atoms with Crippen LogP contribution in [0.25, 0.3) is 0 Å². The molecule has 5 nitrogen and oxygen atoms in total. The van der Waals surface area contributed by atoms with Crippen LogP contribution in [0.5, 0.6) is 0 Å². The molecule has 0 spiro atoms. The molecule has 0 fully saturated rings. The molecule has 1 aliphatic carbocycles. The maximum Gasteiger partial charge on any atom is 0.330 e. The third-order valence-corrected chi connectivity index (χ3v) is 4.20.